The Balaban J connectivity index is 2.34. The van der Waals surface area contributed by atoms with Gasteiger partial charge in [-0.05, 0) is 32.4 Å². The summed E-state index contributed by atoms with van der Waals surface area (Å²) in [6, 6.07) is 1.66. The van der Waals surface area contributed by atoms with Crippen LogP contribution in [0.3, 0.4) is 0 Å². The minimum atomic E-state index is -1.65. The lowest BCUT2D eigenvalue weighted by atomic mass is 10.2. The van der Waals surface area contributed by atoms with Crippen molar-refractivity contribution in [2.45, 2.75) is 26.4 Å². The van der Waals surface area contributed by atoms with E-state index in [0.29, 0.717) is 24.5 Å². The number of hydrogen-bond donors (Lipinski definition) is 3. The highest BCUT2D eigenvalue weighted by atomic mass is 19.2. The fourth-order valence-corrected chi connectivity index (χ4v) is 2.11. The number of nitrogens with one attached hydrogen (secondary N) is 3. The quantitative estimate of drug-likeness (QED) is 0.411. The molecule has 2 amide bonds. The van der Waals surface area contributed by atoms with Crippen LogP contribution in [-0.2, 0) is 14.3 Å². The minimum Gasteiger partial charge on any atom is -0.379 e. The summed E-state index contributed by atoms with van der Waals surface area (Å²) in [4.78, 5) is 24.2. The van der Waals surface area contributed by atoms with Crippen LogP contribution < -0.4 is 15.5 Å². The lowest BCUT2D eigenvalue weighted by Crippen LogP contribution is -3.11. The molecule has 1 aromatic rings. The maximum atomic E-state index is 13.5. The lowest BCUT2D eigenvalue weighted by Gasteiger charge is -2.14. The number of benzene rings is 1. The Labute approximate surface area is 150 Å². The first-order valence-electron chi connectivity index (χ1n) is 8.33. The molecule has 0 saturated heterocycles. The first-order valence-corrected chi connectivity index (χ1v) is 8.33. The summed E-state index contributed by atoms with van der Waals surface area (Å²) in [5, 5.41) is 4.87. The molecule has 1 unspecified atom stereocenters. The van der Waals surface area contributed by atoms with E-state index in [2.05, 4.69) is 10.6 Å². The average Bonchev–Trinajstić information content (AvgIpc) is 2.54. The predicted octanol–water partition coefficient (Wildman–Crippen LogP) is 0.488. The molecule has 0 aliphatic rings. The standard InChI is InChI=1S/C17H24F3N3O3/c1-11(2)26-8-4-7-21-14(24)9-23(3)10-15(25)22-13-6-5-12(18)16(19)17(13)20/h5-6,11H,4,7-10H2,1-3H3,(H,21,24)(H,22,25)/p+1. The van der Waals surface area contributed by atoms with E-state index in [1.165, 1.54) is 0 Å². The molecule has 6 nitrogen and oxygen atoms in total. The van der Waals surface area contributed by atoms with Crippen LogP contribution in [-0.4, -0.2) is 51.2 Å². The van der Waals surface area contributed by atoms with Crippen LogP contribution >= 0.6 is 0 Å². The van der Waals surface area contributed by atoms with E-state index < -0.39 is 29.0 Å². The zero-order valence-electron chi connectivity index (χ0n) is 15.1. The molecule has 0 heterocycles. The molecule has 0 saturated carbocycles. The van der Waals surface area contributed by atoms with Gasteiger partial charge < -0.3 is 20.3 Å². The van der Waals surface area contributed by atoms with Crippen molar-refractivity contribution >= 4 is 17.5 Å². The highest BCUT2D eigenvalue weighted by Crippen LogP contribution is 2.19. The molecule has 0 radical (unpaired) electrons. The SMILES string of the molecule is CC(C)OCCCNC(=O)C[NH+](C)CC(=O)Nc1ccc(F)c(F)c1F. The second-order valence-electron chi connectivity index (χ2n) is 6.20. The number of anilines is 1. The van der Waals surface area contributed by atoms with Crippen molar-refractivity contribution in [3.8, 4) is 0 Å². The van der Waals surface area contributed by atoms with Crippen molar-refractivity contribution in [1.29, 1.82) is 0 Å². The Morgan fingerprint density at radius 1 is 1.12 bits per heavy atom. The molecule has 26 heavy (non-hydrogen) atoms. The van der Waals surface area contributed by atoms with Crippen molar-refractivity contribution in [2.75, 3.05) is 38.6 Å². The number of amides is 2. The lowest BCUT2D eigenvalue weighted by molar-refractivity contribution is -0.862. The van der Waals surface area contributed by atoms with Crippen molar-refractivity contribution < 1.29 is 32.4 Å². The first-order chi connectivity index (χ1) is 12.2. The van der Waals surface area contributed by atoms with Gasteiger partial charge in [0.05, 0.1) is 18.8 Å². The number of carbonyl (C=O) groups excluding carboxylic acids is 2. The molecule has 0 spiro atoms. The topological polar surface area (TPSA) is 71.9 Å². The van der Waals surface area contributed by atoms with Gasteiger partial charge in [0.2, 0.25) is 0 Å². The molecular weight excluding hydrogens is 351 g/mol. The summed E-state index contributed by atoms with van der Waals surface area (Å²) < 4.78 is 44.8. The van der Waals surface area contributed by atoms with E-state index in [1.54, 1.807) is 7.05 Å². The van der Waals surface area contributed by atoms with Crippen LogP contribution in [0.5, 0.6) is 0 Å². The fourth-order valence-electron chi connectivity index (χ4n) is 2.11. The molecule has 0 fully saturated rings. The number of carbonyl (C=O) groups is 2. The summed E-state index contributed by atoms with van der Waals surface area (Å²) in [6.07, 6.45) is 0.818. The van der Waals surface area contributed by atoms with Gasteiger partial charge in [-0.2, -0.15) is 0 Å². The van der Waals surface area contributed by atoms with Crippen LogP contribution in [0.2, 0.25) is 0 Å². The van der Waals surface area contributed by atoms with Crippen LogP contribution in [0.15, 0.2) is 12.1 Å². The molecule has 0 aromatic heterocycles. The van der Waals surface area contributed by atoms with Crippen LogP contribution in [0.1, 0.15) is 20.3 Å². The number of likely N-dealkylation sites (N-methyl/N-ethyl adjacent to an activating group) is 1. The van der Waals surface area contributed by atoms with Gasteiger partial charge in [0.15, 0.2) is 30.5 Å². The van der Waals surface area contributed by atoms with Crippen molar-refractivity contribution in [1.82, 2.24) is 5.32 Å². The monoisotopic (exact) mass is 376 g/mol. The number of rotatable bonds is 10. The molecule has 0 aliphatic heterocycles. The van der Waals surface area contributed by atoms with Gasteiger partial charge in [0.25, 0.3) is 11.8 Å². The van der Waals surface area contributed by atoms with E-state index in [4.69, 9.17) is 4.74 Å². The Kier molecular flexibility index (Phi) is 9.08. The third kappa shape index (κ3) is 7.83. The van der Waals surface area contributed by atoms with E-state index in [1.807, 2.05) is 13.8 Å². The molecule has 1 atom stereocenters. The summed E-state index contributed by atoms with van der Waals surface area (Å²) in [5.41, 5.74) is -0.448. The Bertz CT molecular complexity index is 627. The van der Waals surface area contributed by atoms with Crippen LogP contribution in [0, 0.1) is 17.5 Å². The van der Waals surface area contributed by atoms with E-state index in [0.717, 1.165) is 12.1 Å². The number of hydrogen-bond acceptors (Lipinski definition) is 3. The summed E-state index contributed by atoms with van der Waals surface area (Å²) in [7, 11) is 1.61. The third-order valence-electron chi connectivity index (χ3n) is 3.33. The summed E-state index contributed by atoms with van der Waals surface area (Å²) in [6.45, 7) is 4.76. The van der Waals surface area contributed by atoms with Crippen LogP contribution in [0.25, 0.3) is 0 Å². The molecule has 0 aliphatic carbocycles. The zero-order chi connectivity index (χ0) is 19.7. The van der Waals surface area contributed by atoms with Crippen molar-refractivity contribution in [3.63, 3.8) is 0 Å². The smallest absolute Gasteiger partial charge is 0.279 e. The van der Waals surface area contributed by atoms with Crippen molar-refractivity contribution in [2.24, 2.45) is 0 Å². The van der Waals surface area contributed by atoms with E-state index in [-0.39, 0.29) is 25.1 Å². The van der Waals surface area contributed by atoms with E-state index >= 15 is 0 Å². The summed E-state index contributed by atoms with van der Waals surface area (Å²) >= 11 is 0. The van der Waals surface area contributed by atoms with Gasteiger partial charge in [-0.1, -0.05) is 0 Å². The molecule has 1 aromatic carbocycles. The average molecular weight is 376 g/mol. The largest absolute Gasteiger partial charge is 0.379 e. The number of ether oxygens (including phenoxy) is 1. The number of quaternary nitrogens is 1. The molecule has 1 rings (SSSR count). The van der Waals surface area contributed by atoms with Gasteiger partial charge in [0.1, 0.15) is 0 Å². The Morgan fingerprint density at radius 3 is 2.42 bits per heavy atom. The molecule has 146 valence electrons. The fraction of sp³-hybridized carbons (Fsp3) is 0.529. The predicted molar refractivity (Wildman–Crippen MR) is 90.3 cm³/mol. The minimum absolute atomic E-state index is 0.0404. The van der Waals surface area contributed by atoms with Gasteiger partial charge in [0, 0.05) is 13.2 Å². The Hall–Kier alpha value is -2.13. The maximum Gasteiger partial charge on any atom is 0.279 e. The maximum absolute atomic E-state index is 13.5. The van der Waals surface area contributed by atoms with Gasteiger partial charge in [-0.3, -0.25) is 9.59 Å². The van der Waals surface area contributed by atoms with Crippen LogP contribution in [0.4, 0.5) is 18.9 Å². The molecule has 0 bridgehead atoms. The zero-order valence-corrected chi connectivity index (χ0v) is 15.1. The molecule has 3 N–H and O–H groups in total. The molecule has 9 heteroatoms. The van der Waals surface area contributed by atoms with Gasteiger partial charge in [-0.15, -0.1) is 0 Å². The normalized spacial score (nSPS) is 12.1. The Morgan fingerprint density at radius 2 is 1.77 bits per heavy atom. The second kappa shape index (κ2) is 10.8. The second-order valence-corrected chi connectivity index (χ2v) is 6.20. The highest BCUT2D eigenvalue weighted by Gasteiger charge is 2.18. The highest BCUT2D eigenvalue weighted by molar-refractivity contribution is 5.91. The number of halogens is 3. The third-order valence-corrected chi connectivity index (χ3v) is 3.33. The molecular formula is C17H25F3N3O3+. The summed E-state index contributed by atoms with van der Waals surface area (Å²) in [5.74, 6) is -5.30. The van der Waals surface area contributed by atoms with Gasteiger partial charge >= 0.3 is 0 Å². The van der Waals surface area contributed by atoms with Gasteiger partial charge in [-0.25, -0.2) is 13.2 Å². The van der Waals surface area contributed by atoms with Crippen molar-refractivity contribution in [3.05, 3.63) is 29.6 Å². The van der Waals surface area contributed by atoms with E-state index in [9.17, 15) is 22.8 Å². The first kappa shape index (κ1) is 21.9.